The fraction of sp³-hybridized carbons (Fsp3) is 0.273. The Morgan fingerprint density at radius 1 is 1.45 bits per heavy atom. The standard InChI is InChI=1S/C11H14FN5O2S/c1-17-7-14-11(16-17)4-5-15-20(18,19)8-2-3-10(13)9(12)6-8/h2-3,6-7,15H,4-5,13H2,1H3. The van der Waals surface area contributed by atoms with Crippen LogP contribution in [0.5, 0.6) is 0 Å². The molecule has 0 spiro atoms. The normalized spacial score (nSPS) is 11.7. The third-order valence-corrected chi connectivity index (χ3v) is 4.03. The molecule has 7 nitrogen and oxygen atoms in total. The molecule has 0 atom stereocenters. The van der Waals surface area contributed by atoms with Crippen molar-refractivity contribution in [2.45, 2.75) is 11.3 Å². The number of halogens is 1. The number of sulfonamides is 1. The van der Waals surface area contributed by atoms with Crippen molar-refractivity contribution in [2.24, 2.45) is 7.05 Å². The quantitative estimate of drug-likeness (QED) is 0.760. The van der Waals surface area contributed by atoms with E-state index in [-0.39, 0.29) is 17.1 Å². The molecule has 3 N–H and O–H groups in total. The van der Waals surface area contributed by atoms with Crippen LogP contribution in [0.2, 0.25) is 0 Å². The van der Waals surface area contributed by atoms with Gasteiger partial charge in [0.15, 0.2) is 5.82 Å². The van der Waals surface area contributed by atoms with Crippen molar-refractivity contribution in [1.29, 1.82) is 0 Å². The number of nitrogen functional groups attached to an aromatic ring is 1. The third kappa shape index (κ3) is 3.31. The molecule has 108 valence electrons. The zero-order valence-electron chi connectivity index (χ0n) is 10.7. The van der Waals surface area contributed by atoms with Gasteiger partial charge in [-0.15, -0.1) is 0 Å². The monoisotopic (exact) mass is 299 g/mol. The van der Waals surface area contributed by atoms with Gasteiger partial charge in [-0.25, -0.2) is 22.5 Å². The van der Waals surface area contributed by atoms with Crippen molar-refractivity contribution in [3.8, 4) is 0 Å². The van der Waals surface area contributed by atoms with E-state index in [1.165, 1.54) is 23.1 Å². The summed E-state index contributed by atoms with van der Waals surface area (Å²) in [7, 11) is -2.05. The summed E-state index contributed by atoms with van der Waals surface area (Å²) in [5.74, 6) is -0.238. The lowest BCUT2D eigenvalue weighted by atomic mass is 10.3. The second-order valence-corrected chi connectivity index (χ2v) is 5.93. The minimum atomic E-state index is -3.77. The van der Waals surface area contributed by atoms with Crippen molar-refractivity contribution in [3.05, 3.63) is 36.2 Å². The number of aryl methyl sites for hydroxylation is 1. The van der Waals surface area contributed by atoms with Crippen LogP contribution in [0.1, 0.15) is 5.82 Å². The fourth-order valence-corrected chi connectivity index (χ4v) is 2.60. The van der Waals surface area contributed by atoms with Crippen LogP contribution in [0, 0.1) is 5.82 Å². The molecule has 9 heteroatoms. The van der Waals surface area contributed by atoms with E-state index in [4.69, 9.17) is 5.73 Å². The third-order valence-electron chi connectivity index (χ3n) is 2.57. The maximum absolute atomic E-state index is 13.3. The van der Waals surface area contributed by atoms with Gasteiger partial charge in [0.2, 0.25) is 10.0 Å². The highest BCUT2D eigenvalue weighted by molar-refractivity contribution is 7.89. The molecule has 1 heterocycles. The molecule has 0 unspecified atom stereocenters. The Labute approximate surface area is 115 Å². The predicted octanol–water partition coefficient (Wildman–Crippen LogP) is 0.0574. The number of benzene rings is 1. The molecule has 2 rings (SSSR count). The molecule has 2 aromatic rings. The lowest BCUT2D eigenvalue weighted by Gasteiger charge is -2.06. The zero-order valence-corrected chi connectivity index (χ0v) is 11.6. The van der Waals surface area contributed by atoms with Crippen LogP contribution in [0.15, 0.2) is 29.4 Å². The maximum atomic E-state index is 13.3. The number of aromatic nitrogens is 3. The molecule has 0 fully saturated rings. The highest BCUT2D eigenvalue weighted by Crippen LogP contribution is 2.15. The second kappa shape index (κ2) is 5.55. The smallest absolute Gasteiger partial charge is 0.240 e. The summed E-state index contributed by atoms with van der Waals surface area (Å²) in [6.45, 7) is 0.123. The number of rotatable bonds is 5. The number of anilines is 1. The van der Waals surface area contributed by atoms with Crippen LogP contribution in [-0.2, 0) is 23.5 Å². The van der Waals surface area contributed by atoms with E-state index in [9.17, 15) is 12.8 Å². The van der Waals surface area contributed by atoms with Gasteiger partial charge >= 0.3 is 0 Å². The zero-order chi connectivity index (χ0) is 14.8. The largest absolute Gasteiger partial charge is 0.396 e. The topological polar surface area (TPSA) is 103 Å². The molecule has 0 aliphatic heterocycles. The molecule has 0 saturated heterocycles. The molecule has 0 radical (unpaired) electrons. The van der Waals surface area contributed by atoms with E-state index in [2.05, 4.69) is 14.8 Å². The highest BCUT2D eigenvalue weighted by Gasteiger charge is 2.15. The summed E-state index contributed by atoms with van der Waals surface area (Å²) in [5, 5.41) is 4.02. The van der Waals surface area contributed by atoms with Gasteiger partial charge in [0.1, 0.15) is 12.1 Å². The van der Waals surface area contributed by atoms with Gasteiger partial charge in [0.05, 0.1) is 10.6 Å². The first-order valence-corrected chi connectivity index (χ1v) is 7.26. The van der Waals surface area contributed by atoms with Crippen LogP contribution in [0.4, 0.5) is 10.1 Å². The van der Waals surface area contributed by atoms with Gasteiger partial charge in [0.25, 0.3) is 0 Å². The average Bonchev–Trinajstić information content (AvgIpc) is 2.78. The molecule has 0 bridgehead atoms. The number of hydrogen-bond donors (Lipinski definition) is 2. The number of nitrogens with two attached hydrogens (primary N) is 1. The van der Waals surface area contributed by atoms with Crippen molar-refractivity contribution in [3.63, 3.8) is 0 Å². The van der Waals surface area contributed by atoms with Crippen LogP contribution < -0.4 is 10.5 Å². The average molecular weight is 299 g/mol. The summed E-state index contributed by atoms with van der Waals surface area (Å²) in [6, 6.07) is 3.35. The van der Waals surface area contributed by atoms with Crippen LogP contribution in [0.25, 0.3) is 0 Å². The highest BCUT2D eigenvalue weighted by atomic mass is 32.2. The fourth-order valence-electron chi connectivity index (χ4n) is 1.55. The Hall–Kier alpha value is -2.00. The van der Waals surface area contributed by atoms with Gasteiger partial charge < -0.3 is 5.73 Å². The van der Waals surface area contributed by atoms with E-state index in [0.717, 1.165) is 6.07 Å². The van der Waals surface area contributed by atoms with E-state index < -0.39 is 15.8 Å². The van der Waals surface area contributed by atoms with Gasteiger partial charge in [-0.2, -0.15) is 5.10 Å². The molecular formula is C11H14FN5O2S. The Morgan fingerprint density at radius 2 is 2.20 bits per heavy atom. The lowest BCUT2D eigenvalue weighted by Crippen LogP contribution is -2.26. The Kier molecular flexibility index (Phi) is 4.00. The summed E-state index contributed by atoms with van der Waals surface area (Å²) in [5.41, 5.74) is 5.21. The first kappa shape index (κ1) is 14.4. The number of hydrogen-bond acceptors (Lipinski definition) is 5. The molecule has 20 heavy (non-hydrogen) atoms. The minimum Gasteiger partial charge on any atom is -0.396 e. The summed E-state index contributed by atoms with van der Waals surface area (Å²) in [4.78, 5) is 3.81. The minimum absolute atomic E-state index is 0.0957. The van der Waals surface area contributed by atoms with Crippen molar-refractivity contribution in [1.82, 2.24) is 19.5 Å². The Bertz CT molecular complexity index is 713. The molecule has 0 aliphatic rings. The van der Waals surface area contributed by atoms with Gasteiger partial charge in [0, 0.05) is 20.0 Å². The van der Waals surface area contributed by atoms with E-state index in [1.54, 1.807) is 7.05 Å². The predicted molar refractivity (Wildman–Crippen MR) is 70.7 cm³/mol. The lowest BCUT2D eigenvalue weighted by molar-refractivity contribution is 0.577. The first-order valence-electron chi connectivity index (χ1n) is 5.78. The van der Waals surface area contributed by atoms with Gasteiger partial charge in [-0.05, 0) is 18.2 Å². The van der Waals surface area contributed by atoms with Crippen LogP contribution in [-0.4, -0.2) is 29.7 Å². The van der Waals surface area contributed by atoms with Crippen LogP contribution in [0.3, 0.4) is 0 Å². The number of nitrogens with one attached hydrogen (secondary N) is 1. The molecule has 1 aromatic carbocycles. The summed E-state index contributed by atoms with van der Waals surface area (Å²) >= 11 is 0. The van der Waals surface area contributed by atoms with Crippen molar-refractivity contribution < 1.29 is 12.8 Å². The summed E-state index contributed by atoms with van der Waals surface area (Å²) in [6.07, 6.45) is 1.87. The summed E-state index contributed by atoms with van der Waals surface area (Å²) < 4.78 is 41.0. The molecule has 0 aliphatic carbocycles. The van der Waals surface area contributed by atoms with E-state index in [1.807, 2.05) is 0 Å². The Balaban J connectivity index is 2.02. The van der Waals surface area contributed by atoms with Crippen LogP contribution >= 0.6 is 0 Å². The van der Waals surface area contributed by atoms with E-state index >= 15 is 0 Å². The Morgan fingerprint density at radius 3 is 2.80 bits per heavy atom. The van der Waals surface area contributed by atoms with Gasteiger partial charge in [-0.3, -0.25) is 4.68 Å². The maximum Gasteiger partial charge on any atom is 0.240 e. The number of nitrogens with zero attached hydrogens (tertiary/aromatic N) is 3. The van der Waals surface area contributed by atoms with E-state index in [0.29, 0.717) is 12.2 Å². The molecule has 0 saturated carbocycles. The van der Waals surface area contributed by atoms with Crippen molar-refractivity contribution >= 4 is 15.7 Å². The molecule has 0 amide bonds. The second-order valence-electron chi connectivity index (χ2n) is 4.17. The molecular weight excluding hydrogens is 285 g/mol. The SMILES string of the molecule is Cn1cnc(CCNS(=O)(=O)c2ccc(N)c(F)c2)n1. The van der Waals surface area contributed by atoms with Gasteiger partial charge in [-0.1, -0.05) is 0 Å². The first-order chi connectivity index (χ1) is 9.38. The van der Waals surface area contributed by atoms with Crippen molar-refractivity contribution in [2.75, 3.05) is 12.3 Å². The molecule has 1 aromatic heterocycles.